The molecule has 0 spiro atoms. The molecule has 20 heavy (non-hydrogen) atoms. The second-order valence-corrected chi connectivity index (χ2v) is 5.53. The van der Waals surface area contributed by atoms with Crippen LogP contribution in [-0.2, 0) is 5.41 Å². The van der Waals surface area contributed by atoms with Gasteiger partial charge >= 0.3 is 0 Å². The van der Waals surface area contributed by atoms with Crippen LogP contribution in [-0.4, -0.2) is 6.54 Å². The van der Waals surface area contributed by atoms with Crippen LogP contribution in [0.3, 0.4) is 0 Å². The molecule has 0 atom stereocenters. The van der Waals surface area contributed by atoms with Gasteiger partial charge < -0.3 is 16.2 Å². The van der Waals surface area contributed by atoms with Crippen molar-refractivity contribution >= 4 is 5.69 Å². The lowest BCUT2D eigenvalue weighted by molar-refractivity contribution is 0.253. The van der Waals surface area contributed by atoms with Crippen molar-refractivity contribution in [2.24, 2.45) is 5.73 Å². The van der Waals surface area contributed by atoms with Crippen LogP contribution in [0.25, 0.3) is 0 Å². The van der Waals surface area contributed by atoms with E-state index in [-0.39, 0.29) is 5.41 Å². The average molecular weight is 268 g/mol. The molecular weight excluding hydrogens is 248 g/mol. The first-order valence-electron chi connectivity index (χ1n) is 7.06. The van der Waals surface area contributed by atoms with Gasteiger partial charge in [0.15, 0.2) is 0 Å². The van der Waals surface area contributed by atoms with Gasteiger partial charge in [-0.1, -0.05) is 18.6 Å². The number of nitrogen functional groups attached to an aromatic ring is 1. The van der Waals surface area contributed by atoms with E-state index in [0.717, 1.165) is 23.7 Å². The average Bonchev–Trinajstić information content (AvgIpc) is 2.43. The minimum absolute atomic E-state index is 0.208. The molecule has 104 valence electrons. The molecule has 2 aromatic rings. The highest BCUT2D eigenvalue weighted by molar-refractivity contribution is 5.43. The molecule has 1 saturated carbocycles. The number of hydrogen-bond donors (Lipinski definition) is 2. The van der Waals surface area contributed by atoms with E-state index in [1.165, 1.54) is 24.8 Å². The Labute approximate surface area is 119 Å². The summed E-state index contributed by atoms with van der Waals surface area (Å²) in [4.78, 5) is 0. The Morgan fingerprint density at radius 1 is 0.900 bits per heavy atom. The molecular formula is C17H20N2O. The number of benzene rings is 2. The van der Waals surface area contributed by atoms with E-state index >= 15 is 0 Å². The molecule has 4 N–H and O–H groups in total. The Bertz CT molecular complexity index is 565. The first kappa shape index (κ1) is 13.0. The molecule has 3 rings (SSSR count). The van der Waals surface area contributed by atoms with Crippen LogP contribution in [0.15, 0.2) is 48.5 Å². The van der Waals surface area contributed by atoms with Crippen molar-refractivity contribution in [2.75, 3.05) is 12.3 Å². The van der Waals surface area contributed by atoms with Crippen LogP contribution >= 0.6 is 0 Å². The monoisotopic (exact) mass is 268 g/mol. The van der Waals surface area contributed by atoms with Gasteiger partial charge in [0.05, 0.1) is 0 Å². The molecule has 0 radical (unpaired) electrons. The normalized spacial score (nSPS) is 16.4. The van der Waals surface area contributed by atoms with Crippen molar-refractivity contribution < 1.29 is 4.74 Å². The van der Waals surface area contributed by atoms with Crippen LogP contribution in [0.1, 0.15) is 24.8 Å². The van der Waals surface area contributed by atoms with Crippen molar-refractivity contribution in [2.45, 2.75) is 24.7 Å². The first-order chi connectivity index (χ1) is 9.72. The summed E-state index contributed by atoms with van der Waals surface area (Å²) >= 11 is 0. The van der Waals surface area contributed by atoms with Crippen LogP contribution < -0.4 is 16.2 Å². The summed E-state index contributed by atoms with van der Waals surface area (Å²) in [5, 5.41) is 0. The number of nitrogens with two attached hydrogens (primary N) is 2. The highest BCUT2D eigenvalue weighted by Gasteiger charge is 2.37. The molecule has 1 fully saturated rings. The van der Waals surface area contributed by atoms with Crippen molar-refractivity contribution in [1.82, 2.24) is 0 Å². The third-order valence-corrected chi connectivity index (χ3v) is 4.28. The van der Waals surface area contributed by atoms with Gasteiger partial charge in [-0.15, -0.1) is 0 Å². The summed E-state index contributed by atoms with van der Waals surface area (Å²) in [6.45, 7) is 0.727. The SMILES string of the molecule is NCC1(c2ccc(Oc3ccc(N)cc3)cc2)CCC1. The van der Waals surface area contributed by atoms with Gasteiger partial charge in [0.2, 0.25) is 0 Å². The quantitative estimate of drug-likeness (QED) is 0.835. The van der Waals surface area contributed by atoms with E-state index in [9.17, 15) is 0 Å². The zero-order chi connectivity index (χ0) is 14.0. The summed E-state index contributed by atoms with van der Waals surface area (Å²) < 4.78 is 5.80. The van der Waals surface area contributed by atoms with E-state index in [0.29, 0.717) is 0 Å². The van der Waals surface area contributed by atoms with E-state index in [4.69, 9.17) is 16.2 Å². The lowest BCUT2D eigenvalue weighted by Gasteiger charge is -2.41. The molecule has 0 bridgehead atoms. The summed E-state index contributed by atoms with van der Waals surface area (Å²) in [6, 6.07) is 15.7. The second-order valence-electron chi connectivity index (χ2n) is 5.53. The standard InChI is InChI=1S/C17H20N2O/c18-12-17(10-1-11-17)13-2-6-15(7-3-13)20-16-8-4-14(19)5-9-16/h2-9H,1,10-12,18-19H2. The zero-order valence-electron chi connectivity index (χ0n) is 11.5. The second kappa shape index (κ2) is 5.17. The van der Waals surface area contributed by atoms with Gasteiger partial charge in [0.1, 0.15) is 11.5 Å². The third kappa shape index (κ3) is 2.37. The van der Waals surface area contributed by atoms with E-state index in [1.807, 2.05) is 36.4 Å². The van der Waals surface area contributed by atoms with Gasteiger partial charge in [-0.05, 0) is 54.8 Å². The van der Waals surface area contributed by atoms with Gasteiger partial charge in [0.25, 0.3) is 0 Å². The predicted molar refractivity (Wildman–Crippen MR) is 82.0 cm³/mol. The topological polar surface area (TPSA) is 61.3 Å². The predicted octanol–water partition coefficient (Wildman–Crippen LogP) is 3.44. The Hall–Kier alpha value is -2.00. The molecule has 0 heterocycles. The zero-order valence-corrected chi connectivity index (χ0v) is 11.5. The molecule has 3 nitrogen and oxygen atoms in total. The van der Waals surface area contributed by atoms with Gasteiger partial charge in [-0.2, -0.15) is 0 Å². The molecule has 1 aliphatic carbocycles. The Kier molecular flexibility index (Phi) is 3.36. The third-order valence-electron chi connectivity index (χ3n) is 4.28. The maximum atomic E-state index is 5.93. The lowest BCUT2D eigenvalue weighted by Crippen LogP contribution is -2.41. The largest absolute Gasteiger partial charge is 0.457 e. The molecule has 1 aliphatic rings. The molecule has 0 amide bonds. The molecule has 0 unspecified atom stereocenters. The fourth-order valence-corrected chi connectivity index (χ4v) is 2.76. The smallest absolute Gasteiger partial charge is 0.127 e. The van der Waals surface area contributed by atoms with Gasteiger partial charge in [-0.25, -0.2) is 0 Å². The highest BCUT2D eigenvalue weighted by atomic mass is 16.5. The molecule has 0 saturated heterocycles. The van der Waals surface area contributed by atoms with Gasteiger partial charge in [-0.3, -0.25) is 0 Å². The van der Waals surface area contributed by atoms with Crippen molar-refractivity contribution in [3.8, 4) is 11.5 Å². The summed E-state index contributed by atoms with van der Waals surface area (Å²) in [6.07, 6.45) is 3.67. The maximum Gasteiger partial charge on any atom is 0.127 e. The Morgan fingerprint density at radius 2 is 1.45 bits per heavy atom. The minimum atomic E-state index is 0.208. The molecule has 3 heteroatoms. The van der Waals surface area contributed by atoms with Crippen LogP contribution in [0.2, 0.25) is 0 Å². The van der Waals surface area contributed by atoms with Crippen LogP contribution in [0.5, 0.6) is 11.5 Å². The Balaban J connectivity index is 1.74. The number of hydrogen-bond acceptors (Lipinski definition) is 3. The van der Waals surface area contributed by atoms with Gasteiger partial charge in [0, 0.05) is 17.6 Å². The van der Waals surface area contributed by atoms with Crippen LogP contribution in [0.4, 0.5) is 5.69 Å². The van der Waals surface area contributed by atoms with Crippen molar-refractivity contribution in [3.05, 3.63) is 54.1 Å². The molecule has 2 aromatic carbocycles. The highest BCUT2D eigenvalue weighted by Crippen LogP contribution is 2.43. The lowest BCUT2D eigenvalue weighted by atomic mass is 9.64. The van der Waals surface area contributed by atoms with Crippen LogP contribution in [0, 0.1) is 0 Å². The number of anilines is 1. The molecule has 0 aliphatic heterocycles. The van der Waals surface area contributed by atoms with E-state index < -0.39 is 0 Å². The summed E-state index contributed by atoms with van der Waals surface area (Å²) in [5.41, 5.74) is 13.9. The van der Waals surface area contributed by atoms with E-state index in [2.05, 4.69) is 12.1 Å². The number of rotatable bonds is 4. The Morgan fingerprint density at radius 3 is 1.90 bits per heavy atom. The van der Waals surface area contributed by atoms with E-state index in [1.54, 1.807) is 0 Å². The molecule has 0 aromatic heterocycles. The minimum Gasteiger partial charge on any atom is -0.457 e. The summed E-state index contributed by atoms with van der Waals surface area (Å²) in [7, 11) is 0. The summed E-state index contributed by atoms with van der Waals surface area (Å²) in [5.74, 6) is 1.63. The first-order valence-corrected chi connectivity index (χ1v) is 7.06. The fourth-order valence-electron chi connectivity index (χ4n) is 2.76. The fraction of sp³-hybridized carbons (Fsp3) is 0.294. The van der Waals surface area contributed by atoms with Crippen molar-refractivity contribution in [3.63, 3.8) is 0 Å². The number of ether oxygens (including phenoxy) is 1. The van der Waals surface area contributed by atoms with Crippen molar-refractivity contribution in [1.29, 1.82) is 0 Å². The maximum absolute atomic E-state index is 5.93.